The fourth-order valence-electron chi connectivity index (χ4n) is 3.71. The summed E-state index contributed by atoms with van der Waals surface area (Å²) in [7, 11) is 1.65. The Hall–Kier alpha value is -3.68. The Morgan fingerprint density at radius 1 is 1.25 bits per heavy atom. The molecule has 0 saturated heterocycles. The summed E-state index contributed by atoms with van der Waals surface area (Å²) in [5.74, 6) is 0.853. The van der Waals surface area contributed by atoms with Crippen molar-refractivity contribution in [3.8, 4) is 0 Å². The predicted octanol–water partition coefficient (Wildman–Crippen LogP) is 5.43. The number of nitrogens with one attached hydrogen (secondary N) is 3. The molecule has 0 atom stereocenters. The van der Waals surface area contributed by atoms with Crippen LogP contribution in [-0.2, 0) is 0 Å². The first kappa shape index (κ1) is 23.0. The van der Waals surface area contributed by atoms with Crippen molar-refractivity contribution < 1.29 is 4.39 Å². The third-order valence-electron chi connectivity index (χ3n) is 5.34. The standard InChI is InChI=1S/C24H30FN7/c1-4-16(2)29-18-10-11-21(25)22(12-18)31-23-20(17-8-6-5-7-9-17)15-28-24(32-23)30-19(13-26)14-27-3/h4,10-15,17,29H,1-2,5-9,26H2,3H3,(H2,28,30,31,32)/b19-13+,27-14?. The topological polar surface area (TPSA) is 100 Å². The van der Waals surface area contributed by atoms with Gasteiger partial charge in [-0.3, -0.25) is 4.99 Å². The first-order valence-corrected chi connectivity index (χ1v) is 10.7. The zero-order chi connectivity index (χ0) is 22.9. The molecule has 0 unspecified atom stereocenters. The molecule has 8 heteroatoms. The van der Waals surface area contributed by atoms with Crippen LogP contribution in [0, 0.1) is 5.82 Å². The Kier molecular flexibility index (Phi) is 7.96. The molecule has 0 bridgehead atoms. The number of anilines is 4. The summed E-state index contributed by atoms with van der Waals surface area (Å²) in [6.45, 7) is 7.53. The molecule has 2 aromatic rings. The maximum atomic E-state index is 14.7. The van der Waals surface area contributed by atoms with Crippen molar-refractivity contribution >= 4 is 29.4 Å². The van der Waals surface area contributed by atoms with E-state index in [1.54, 1.807) is 31.5 Å². The van der Waals surface area contributed by atoms with Crippen molar-refractivity contribution in [1.29, 1.82) is 0 Å². The highest BCUT2D eigenvalue weighted by atomic mass is 19.1. The molecule has 5 N–H and O–H groups in total. The lowest BCUT2D eigenvalue weighted by atomic mass is 9.85. The van der Waals surface area contributed by atoms with Gasteiger partial charge in [-0.2, -0.15) is 4.98 Å². The van der Waals surface area contributed by atoms with Gasteiger partial charge in [-0.05, 0) is 43.0 Å². The normalized spacial score (nSPS) is 14.9. The molecule has 7 nitrogen and oxygen atoms in total. The SMILES string of the molecule is C=CC(=C)Nc1ccc(F)c(Nc2nc(N/C(C=NC)=C/N)ncc2C2CCCCC2)c1. The first-order chi connectivity index (χ1) is 15.5. The monoisotopic (exact) mass is 435 g/mol. The smallest absolute Gasteiger partial charge is 0.229 e. The number of nitrogens with zero attached hydrogens (tertiary/aromatic N) is 3. The quantitative estimate of drug-likeness (QED) is 0.309. The predicted molar refractivity (Wildman–Crippen MR) is 131 cm³/mol. The fourth-order valence-corrected chi connectivity index (χ4v) is 3.71. The van der Waals surface area contributed by atoms with Crippen molar-refractivity contribution in [2.75, 3.05) is 23.0 Å². The maximum Gasteiger partial charge on any atom is 0.229 e. The minimum Gasteiger partial charge on any atom is -0.403 e. The zero-order valence-corrected chi connectivity index (χ0v) is 18.4. The molecule has 1 aromatic heterocycles. The van der Waals surface area contributed by atoms with Gasteiger partial charge in [0.2, 0.25) is 5.95 Å². The van der Waals surface area contributed by atoms with Crippen molar-refractivity contribution in [1.82, 2.24) is 9.97 Å². The number of aromatic nitrogens is 2. The number of benzene rings is 1. The molecule has 0 radical (unpaired) electrons. The van der Waals surface area contributed by atoms with Crippen LogP contribution in [0.4, 0.5) is 27.5 Å². The van der Waals surface area contributed by atoms with Gasteiger partial charge in [0.1, 0.15) is 11.6 Å². The third-order valence-corrected chi connectivity index (χ3v) is 5.34. The van der Waals surface area contributed by atoms with Crippen LogP contribution in [0.25, 0.3) is 0 Å². The van der Waals surface area contributed by atoms with E-state index in [0.717, 1.165) is 31.2 Å². The van der Waals surface area contributed by atoms with Crippen LogP contribution < -0.4 is 21.7 Å². The van der Waals surface area contributed by atoms with Gasteiger partial charge in [-0.15, -0.1) is 0 Å². The Balaban J connectivity index is 1.96. The van der Waals surface area contributed by atoms with Crippen molar-refractivity contribution in [3.05, 3.63) is 72.6 Å². The minimum absolute atomic E-state index is 0.304. The molecule has 1 aromatic carbocycles. The number of hydrogen-bond acceptors (Lipinski definition) is 7. The summed E-state index contributed by atoms with van der Waals surface area (Å²) in [6, 6.07) is 4.72. The summed E-state index contributed by atoms with van der Waals surface area (Å²) in [6.07, 6.45) is 12.0. The molecule has 0 aliphatic heterocycles. The molecular weight excluding hydrogens is 405 g/mol. The molecular formula is C24H30FN7. The van der Waals surface area contributed by atoms with Gasteiger partial charge in [0, 0.05) is 42.6 Å². The molecule has 1 saturated carbocycles. The highest BCUT2D eigenvalue weighted by Crippen LogP contribution is 2.37. The highest BCUT2D eigenvalue weighted by molar-refractivity contribution is 5.82. The number of rotatable bonds is 9. The fraction of sp³-hybridized carbons (Fsp3) is 0.292. The molecule has 0 spiro atoms. The number of hydrogen-bond donors (Lipinski definition) is 4. The van der Waals surface area contributed by atoms with Crippen LogP contribution in [0.1, 0.15) is 43.6 Å². The lowest BCUT2D eigenvalue weighted by Gasteiger charge is -2.24. The lowest BCUT2D eigenvalue weighted by Crippen LogP contribution is -2.13. The van der Waals surface area contributed by atoms with E-state index in [0.29, 0.717) is 40.5 Å². The number of aliphatic imine (C=N–C) groups is 1. The van der Waals surface area contributed by atoms with Crippen LogP contribution >= 0.6 is 0 Å². The number of halogens is 1. The molecule has 168 valence electrons. The summed E-state index contributed by atoms with van der Waals surface area (Å²) in [5.41, 5.74) is 8.80. The maximum absolute atomic E-state index is 14.7. The second-order valence-electron chi connectivity index (χ2n) is 7.64. The number of nitrogens with two attached hydrogens (primary N) is 1. The van der Waals surface area contributed by atoms with Gasteiger partial charge in [-0.25, -0.2) is 9.37 Å². The van der Waals surface area contributed by atoms with Crippen molar-refractivity contribution in [2.45, 2.75) is 38.0 Å². The van der Waals surface area contributed by atoms with Crippen LogP contribution in [0.2, 0.25) is 0 Å². The van der Waals surface area contributed by atoms with Crippen LogP contribution in [-0.4, -0.2) is 23.2 Å². The summed E-state index contributed by atoms with van der Waals surface area (Å²) >= 11 is 0. The van der Waals surface area contributed by atoms with Crippen molar-refractivity contribution in [2.24, 2.45) is 10.7 Å². The van der Waals surface area contributed by atoms with E-state index in [-0.39, 0.29) is 5.82 Å². The largest absolute Gasteiger partial charge is 0.403 e. The Morgan fingerprint density at radius 2 is 2.03 bits per heavy atom. The second kappa shape index (κ2) is 11.1. The van der Waals surface area contributed by atoms with Gasteiger partial charge in [0.05, 0.1) is 11.4 Å². The van der Waals surface area contributed by atoms with Crippen LogP contribution in [0.5, 0.6) is 0 Å². The van der Waals surface area contributed by atoms with E-state index in [4.69, 9.17) is 5.73 Å². The second-order valence-corrected chi connectivity index (χ2v) is 7.64. The van der Waals surface area contributed by atoms with Crippen molar-refractivity contribution in [3.63, 3.8) is 0 Å². The molecule has 1 heterocycles. The molecule has 0 amide bonds. The summed E-state index contributed by atoms with van der Waals surface area (Å²) in [4.78, 5) is 13.1. The zero-order valence-electron chi connectivity index (χ0n) is 18.4. The van der Waals surface area contributed by atoms with Gasteiger partial charge < -0.3 is 21.7 Å². The van der Waals surface area contributed by atoms with Crippen LogP contribution in [0.15, 0.2) is 66.2 Å². The third kappa shape index (κ3) is 5.94. The van der Waals surface area contributed by atoms with Crippen LogP contribution in [0.3, 0.4) is 0 Å². The average molecular weight is 436 g/mol. The van der Waals surface area contributed by atoms with Gasteiger partial charge in [0.25, 0.3) is 0 Å². The molecule has 1 aliphatic carbocycles. The molecule has 3 rings (SSSR count). The van der Waals surface area contributed by atoms with E-state index in [1.165, 1.54) is 18.7 Å². The molecule has 1 aliphatic rings. The lowest BCUT2D eigenvalue weighted by molar-refractivity contribution is 0.443. The molecule has 1 fully saturated rings. The Labute approximate surface area is 188 Å². The van der Waals surface area contributed by atoms with E-state index in [2.05, 4.69) is 44.1 Å². The van der Waals surface area contributed by atoms with Gasteiger partial charge in [-0.1, -0.05) is 32.4 Å². The Bertz CT molecular complexity index is 1020. The van der Waals surface area contributed by atoms with Gasteiger partial charge >= 0.3 is 0 Å². The van der Waals surface area contributed by atoms with Gasteiger partial charge in [0.15, 0.2) is 0 Å². The summed E-state index contributed by atoms with van der Waals surface area (Å²) in [5, 5.41) is 9.31. The van der Waals surface area contributed by atoms with E-state index in [1.807, 2.05) is 6.20 Å². The summed E-state index contributed by atoms with van der Waals surface area (Å²) < 4.78 is 14.7. The Morgan fingerprint density at radius 3 is 2.72 bits per heavy atom. The highest BCUT2D eigenvalue weighted by Gasteiger charge is 2.21. The average Bonchev–Trinajstić information content (AvgIpc) is 2.81. The minimum atomic E-state index is -0.386. The van der Waals surface area contributed by atoms with E-state index >= 15 is 0 Å². The number of allylic oxidation sites excluding steroid dienone is 2. The van der Waals surface area contributed by atoms with E-state index in [9.17, 15) is 4.39 Å². The van der Waals surface area contributed by atoms with E-state index < -0.39 is 0 Å². The molecule has 32 heavy (non-hydrogen) atoms. The first-order valence-electron chi connectivity index (χ1n) is 10.7.